The lowest BCUT2D eigenvalue weighted by Crippen LogP contribution is -2.14. The van der Waals surface area contributed by atoms with Crippen LogP contribution in [-0.4, -0.2) is 11.5 Å². The summed E-state index contributed by atoms with van der Waals surface area (Å²) in [6.45, 7) is 5.95. The van der Waals surface area contributed by atoms with Gasteiger partial charge in [0.2, 0.25) is 0 Å². The van der Waals surface area contributed by atoms with Crippen LogP contribution in [0.1, 0.15) is 24.5 Å². The molecule has 4 heteroatoms. The molecule has 0 aliphatic heterocycles. The third-order valence-electron chi connectivity index (χ3n) is 2.97. The first-order valence-electron chi connectivity index (χ1n) is 6.78. The van der Waals surface area contributed by atoms with E-state index in [1.54, 1.807) is 6.20 Å². The molecule has 0 spiro atoms. The Bertz CT molecular complexity index is 572. The van der Waals surface area contributed by atoms with Crippen LogP contribution in [0.15, 0.2) is 41.1 Å². The second-order valence-electron chi connectivity index (χ2n) is 4.67. The second kappa shape index (κ2) is 7.41. The fraction of sp³-hybridized carbons (Fsp3) is 0.312. The Morgan fingerprint density at radius 1 is 1.25 bits per heavy atom. The monoisotopic (exact) mass is 334 g/mol. The summed E-state index contributed by atoms with van der Waals surface area (Å²) in [5, 5.41) is 3.37. The zero-order valence-corrected chi connectivity index (χ0v) is 13.4. The molecule has 2 aromatic rings. The predicted molar refractivity (Wildman–Crippen MR) is 85.2 cm³/mol. The maximum absolute atomic E-state index is 6.04. The van der Waals surface area contributed by atoms with Gasteiger partial charge in [0.25, 0.3) is 0 Å². The van der Waals surface area contributed by atoms with E-state index in [4.69, 9.17) is 4.74 Å². The summed E-state index contributed by atoms with van der Waals surface area (Å²) in [5.74, 6) is 1.71. The largest absolute Gasteiger partial charge is 0.457 e. The van der Waals surface area contributed by atoms with Crippen molar-refractivity contribution in [3.8, 4) is 11.5 Å². The number of nitrogens with zero attached hydrogens (tertiary/aromatic N) is 1. The first-order valence-corrected chi connectivity index (χ1v) is 7.57. The Kier molecular flexibility index (Phi) is 5.56. The van der Waals surface area contributed by atoms with E-state index in [1.807, 2.05) is 37.4 Å². The standard InChI is InChI=1S/C16H19BrN2O/c1-3-7-18-10-13-11-19-8-6-15(13)20-16-9-14(17)5-4-12(16)2/h4-6,8-9,11,18H,3,7,10H2,1-2H3. The molecule has 0 atom stereocenters. The number of hydrogen-bond donors (Lipinski definition) is 1. The average molecular weight is 335 g/mol. The molecule has 1 N–H and O–H groups in total. The number of pyridine rings is 1. The smallest absolute Gasteiger partial charge is 0.135 e. The molecule has 0 amide bonds. The zero-order valence-electron chi connectivity index (χ0n) is 11.8. The van der Waals surface area contributed by atoms with Crippen LogP contribution < -0.4 is 10.1 Å². The molecule has 1 aromatic heterocycles. The molecule has 106 valence electrons. The Balaban J connectivity index is 2.18. The number of halogens is 1. The van der Waals surface area contributed by atoms with Crippen molar-refractivity contribution in [1.82, 2.24) is 10.3 Å². The van der Waals surface area contributed by atoms with Gasteiger partial charge >= 0.3 is 0 Å². The molecule has 0 aliphatic rings. The van der Waals surface area contributed by atoms with E-state index in [9.17, 15) is 0 Å². The molecule has 1 heterocycles. The number of aromatic nitrogens is 1. The van der Waals surface area contributed by atoms with Crippen LogP contribution in [0.25, 0.3) is 0 Å². The highest BCUT2D eigenvalue weighted by atomic mass is 79.9. The van der Waals surface area contributed by atoms with Crippen LogP contribution in [0.4, 0.5) is 0 Å². The fourth-order valence-electron chi connectivity index (χ4n) is 1.85. The number of benzene rings is 1. The Morgan fingerprint density at radius 3 is 2.90 bits per heavy atom. The predicted octanol–water partition coefficient (Wildman–Crippen LogP) is 4.44. The molecule has 2 rings (SSSR count). The molecule has 0 bridgehead atoms. The number of rotatable bonds is 6. The van der Waals surface area contributed by atoms with Gasteiger partial charge in [-0.1, -0.05) is 28.9 Å². The molecule has 0 radical (unpaired) electrons. The molecule has 0 aliphatic carbocycles. The van der Waals surface area contributed by atoms with Gasteiger partial charge in [0.1, 0.15) is 11.5 Å². The summed E-state index contributed by atoms with van der Waals surface area (Å²) in [7, 11) is 0. The van der Waals surface area contributed by atoms with E-state index in [-0.39, 0.29) is 0 Å². The van der Waals surface area contributed by atoms with Crippen molar-refractivity contribution in [3.05, 3.63) is 52.3 Å². The van der Waals surface area contributed by atoms with Crippen molar-refractivity contribution >= 4 is 15.9 Å². The molecule has 3 nitrogen and oxygen atoms in total. The summed E-state index contributed by atoms with van der Waals surface area (Å²) < 4.78 is 7.05. The normalized spacial score (nSPS) is 10.6. The lowest BCUT2D eigenvalue weighted by molar-refractivity contribution is 0.468. The average Bonchev–Trinajstić information content (AvgIpc) is 2.45. The van der Waals surface area contributed by atoms with Crippen molar-refractivity contribution in [2.75, 3.05) is 6.54 Å². The summed E-state index contributed by atoms with van der Waals surface area (Å²) in [4.78, 5) is 4.18. The highest BCUT2D eigenvalue weighted by Crippen LogP contribution is 2.29. The highest BCUT2D eigenvalue weighted by molar-refractivity contribution is 9.10. The third kappa shape index (κ3) is 4.05. The highest BCUT2D eigenvalue weighted by Gasteiger charge is 2.07. The summed E-state index contributed by atoms with van der Waals surface area (Å²) in [6, 6.07) is 7.94. The van der Waals surface area contributed by atoms with E-state index in [0.717, 1.165) is 46.6 Å². The Hall–Kier alpha value is -1.39. The van der Waals surface area contributed by atoms with Crippen LogP contribution in [0.2, 0.25) is 0 Å². The quantitative estimate of drug-likeness (QED) is 0.792. The summed E-state index contributed by atoms with van der Waals surface area (Å²) in [6.07, 6.45) is 4.72. The molecule has 1 aromatic carbocycles. The molecular weight excluding hydrogens is 316 g/mol. The van der Waals surface area contributed by atoms with E-state index < -0.39 is 0 Å². The molecule has 0 unspecified atom stereocenters. The van der Waals surface area contributed by atoms with Gasteiger partial charge in [-0.15, -0.1) is 0 Å². The van der Waals surface area contributed by atoms with E-state index in [2.05, 4.69) is 33.2 Å². The van der Waals surface area contributed by atoms with Crippen LogP contribution in [-0.2, 0) is 6.54 Å². The van der Waals surface area contributed by atoms with Crippen molar-refractivity contribution in [1.29, 1.82) is 0 Å². The molecule has 0 saturated heterocycles. The van der Waals surface area contributed by atoms with Crippen molar-refractivity contribution < 1.29 is 4.74 Å². The van der Waals surface area contributed by atoms with Gasteiger partial charge < -0.3 is 10.1 Å². The van der Waals surface area contributed by atoms with Gasteiger partial charge in [0.05, 0.1) is 0 Å². The lowest BCUT2D eigenvalue weighted by atomic mass is 10.2. The second-order valence-corrected chi connectivity index (χ2v) is 5.59. The maximum atomic E-state index is 6.04. The van der Waals surface area contributed by atoms with E-state index in [0.29, 0.717) is 0 Å². The lowest BCUT2D eigenvalue weighted by Gasteiger charge is -2.13. The summed E-state index contributed by atoms with van der Waals surface area (Å²) >= 11 is 3.47. The molecule has 0 saturated carbocycles. The minimum absolute atomic E-state index is 0.768. The maximum Gasteiger partial charge on any atom is 0.135 e. The van der Waals surface area contributed by atoms with Crippen molar-refractivity contribution in [2.45, 2.75) is 26.8 Å². The van der Waals surface area contributed by atoms with Crippen molar-refractivity contribution in [3.63, 3.8) is 0 Å². The van der Waals surface area contributed by atoms with Crippen LogP contribution in [0, 0.1) is 6.92 Å². The SMILES string of the molecule is CCCNCc1cnccc1Oc1cc(Br)ccc1C. The topological polar surface area (TPSA) is 34.2 Å². The van der Waals surface area contributed by atoms with Gasteiger partial charge in [0, 0.05) is 29.0 Å². The minimum Gasteiger partial charge on any atom is -0.457 e. The van der Waals surface area contributed by atoms with E-state index in [1.165, 1.54) is 0 Å². The van der Waals surface area contributed by atoms with Gasteiger partial charge in [-0.05, 0) is 43.7 Å². The van der Waals surface area contributed by atoms with Crippen molar-refractivity contribution in [2.24, 2.45) is 0 Å². The molecular formula is C16H19BrN2O. The number of nitrogens with one attached hydrogen (secondary N) is 1. The van der Waals surface area contributed by atoms with Crippen LogP contribution in [0.5, 0.6) is 11.5 Å². The van der Waals surface area contributed by atoms with Gasteiger partial charge in [-0.25, -0.2) is 0 Å². The minimum atomic E-state index is 0.768. The van der Waals surface area contributed by atoms with E-state index >= 15 is 0 Å². The third-order valence-corrected chi connectivity index (χ3v) is 3.46. The zero-order chi connectivity index (χ0) is 14.4. The Labute approximate surface area is 128 Å². The number of hydrogen-bond acceptors (Lipinski definition) is 3. The van der Waals surface area contributed by atoms with Gasteiger partial charge in [-0.2, -0.15) is 0 Å². The van der Waals surface area contributed by atoms with Crippen LogP contribution >= 0.6 is 15.9 Å². The first kappa shape index (κ1) is 15.0. The number of aryl methyl sites for hydroxylation is 1. The fourth-order valence-corrected chi connectivity index (χ4v) is 2.19. The van der Waals surface area contributed by atoms with Gasteiger partial charge in [0.15, 0.2) is 0 Å². The molecule has 20 heavy (non-hydrogen) atoms. The van der Waals surface area contributed by atoms with Gasteiger partial charge in [-0.3, -0.25) is 4.98 Å². The Morgan fingerprint density at radius 2 is 2.10 bits per heavy atom. The summed E-state index contributed by atoms with van der Waals surface area (Å²) in [5.41, 5.74) is 2.18. The first-order chi connectivity index (χ1) is 9.70. The van der Waals surface area contributed by atoms with Crippen LogP contribution in [0.3, 0.4) is 0 Å². The number of ether oxygens (including phenoxy) is 1. The molecule has 0 fully saturated rings.